The normalized spacial score (nSPS) is 11.4. The van der Waals surface area contributed by atoms with Crippen LogP contribution in [-0.4, -0.2) is 29.4 Å². The van der Waals surface area contributed by atoms with E-state index in [2.05, 4.69) is 27.2 Å². The second-order valence-corrected chi connectivity index (χ2v) is 4.07. The summed E-state index contributed by atoms with van der Waals surface area (Å²) in [4.78, 5) is 16.4. The van der Waals surface area contributed by atoms with E-state index in [0.29, 0.717) is 17.8 Å². The molecule has 0 aliphatic heterocycles. The van der Waals surface area contributed by atoms with E-state index in [4.69, 9.17) is 0 Å². The summed E-state index contributed by atoms with van der Waals surface area (Å²) in [5.74, 6) is 0. The van der Waals surface area contributed by atoms with Crippen molar-refractivity contribution in [3.8, 4) is 0 Å². The Morgan fingerprint density at radius 1 is 1.33 bits per heavy atom. The Kier molecular flexibility index (Phi) is 2.51. The van der Waals surface area contributed by atoms with Crippen LogP contribution in [0.1, 0.15) is 19.8 Å². The molecule has 3 aromatic heterocycles. The average Bonchev–Trinajstić information content (AvgIpc) is 2.86. The van der Waals surface area contributed by atoms with Crippen LogP contribution >= 0.6 is 0 Å². The van der Waals surface area contributed by atoms with Crippen molar-refractivity contribution in [1.29, 1.82) is 0 Å². The van der Waals surface area contributed by atoms with Gasteiger partial charge in [0.1, 0.15) is 6.33 Å². The number of nitrogens with zero attached hydrogens (tertiary/aromatic N) is 6. The first-order chi connectivity index (χ1) is 8.81. The molecule has 0 atom stereocenters. The first-order valence-electron chi connectivity index (χ1n) is 5.87. The van der Waals surface area contributed by atoms with Gasteiger partial charge in [-0.2, -0.15) is 9.61 Å². The molecule has 0 bridgehead atoms. The van der Waals surface area contributed by atoms with E-state index < -0.39 is 0 Å². The molecule has 0 fully saturated rings. The highest BCUT2D eigenvalue weighted by atomic mass is 16.1. The van der Waals surface area contributed by atoms with Gasteiger partial charge in [-0.05, 0) is 6.42 Å². The highest BCUT2D eigenvalue weighted by Crippen LogP contribution is 2.05. The molecule has 0 amide bonds. The van der Waals surface area contributed by atoms with Crippen LogP contribution < -0.4 is 5.56 Å². The number of unbranched alkanes of at least 4 members (excludes halogenated alkanes) is 1. The lowest BCUT2D eigenvalue weighted by molar-refractivity contribution is 0.605. The molecule has 7 nitrogen and oxygen atoms in total. The Bertz CT molecular complexity index is 759. The van der Waals surface area contributed by atoms with Gasteiger partial charge in [0, 0.05) is 12.6 Å². The first-order valence-corrected chi connectivity index (χ1v) is 5.87. The van der Waals surface area contributed by atoms with Gasteiger partial charge in [-0.1, -0.05) is 13.3 Å². The third kappa shape index (κ3) is 1.55. The second kappa shape index (κ2) is 4.17. The number of aromatic nitrogens is 6. The molecule has 0 aliphatic carbocycles. The van der Waals surface area contributed by atoms with Crippen LogP contribution in [0.15, 0.2) is 23.4 Å². The standard InChI is InChI=1S/C11H12N6O/c1-2-3-6-16-7-12-10-9(11(16)18)15-14-8-4-5-13-17(8)10/h4-5,7H,2-3,6H2,1H3. The zero-order valence-electron chi connectivity index (χ0n) is 9.94. The average molecular weight is 244 g/mol. The molecule has 18 heavy (non-hydrogen) atoms. The van der Waals surface area contributed by atoms with Crippen LogP contribution in [0.5, 0.6) is 0 Å². The number of aryl methyl sites for hydroxylation is 1. The van der Waals surface area contributed by atoms with Crippen molar-refractivity contribution in [1.82, 2.24) is 29.4 Å². The molecule has 92 valence electrons. The van der Waals surface area contributed by atoms with Gasteiger partial charge >= 0.3 is 0 Å². The summed E-state index contributed by atoms with van der Waals surface area (Å²) in [6.07, 6.45) is 5.11. The maximum absolute atomic E-state index is 12.2. The molecule has 0 aliphatic rings. The molecule has 0 aromatic carbocycles. The van der Waals surface area contributed by atoms with Crippen LogP contribution in [0.3, 0.4) is 0 Å². The van der Waals surface area contributed by atoms with Crippen LogP contribution in [0.25, 0.3) is 16.8 Å². The molecule has 3 aromatic rings. The molecule has 0 spiro atoms. The summed E-state index contributed by atoms with van der Waals surface area (Å²) < 4.78 is 3.09. The van der Waals surface area contributed by atoms with Gasteiger partial charge in [-0.3, -0.25) is 9.36 Å². The molecule has 3 rings (SSSR count). The van der Waals surface area contributed by atoms with Crippen LogP contribution in [0, 0.1) is 0 Å². The van der Waals surface area contributed by atoms with Gasteiger partial charge in [0.15, 0.2) is 16.8 Å². The highest BCUT2D eigenvalue weighted by Gasteiger charge is 2.10. The first kappa shape index (κ1) is 10.8. The summed E-state index contributed by atoms with van der Waals surface area (Å²) in [6.45, 7) is 2.73. The summed E-state index contributed by atoms with van der Waals surface area (Å²) in [5.41, 5.74) is 1.12. The van der Waals surface area contributed by atoms with E-state index >= 15 is 0 Å². The Hall–Kier alpha value is -2.31. The van der Waals surface area contributed by atoms with E-state index in [1.165, 1.54) is 4.52 Å². The van der Waals surface area contributed by atoms with Crippen molar-refractivity contribution in [2.45, 2.75) is 26.3 Å². The molecule has 7 heteroatoms. The van der Waals surface area contributed by atoms with E-state index in [1.54, 1.807) is 23.2 Å². The Morgan fingerprint density at radius 3 is 3.06 bits per heavy atom. The van der Waals surface area contributed by atoms with E-state index in [1.807, 2.05) is 0 Å². The van der Waals surface area contributed by atoms with Crippen LogP contribution in [0.4, 0.5) is 0 Å². The predicted octanol–water partition coefficient (Wildman–Crippen LogP) is 0.634. The second-order valence-electron chi connectivity index (χ2n) is 4.07. The number of fused-ring (bicyclic) bond motifs is 3. The van der Waals surface area contributed by atoms with Crippen molar-refractivity contribution < 1.29 is 0 Å². The van der Waals surface area contributed by atoms with Crippen molar-refractivity contribution in [2.24, 2.45) is 0 Å². The van der Waals surface area contributed by atoms with Gasteiger partial charge in [0.2, 0.25) is 0 Å². The summed E-state index contributed by atoms with van der Waals surface area (Å²) in [5, 5.41) is 12.0. The van der Waals surface area contributed by atoms with Crippen LogP contribution in [-0.2, 0) is 6.54 Å². The van der Waals surface area contributed by atoms with Crippen molar-refractivity contribution in [3.05, 3.63) is 28.9 Å². The molecule has 3 heterocycles. The number of hydrogen-bond donors (Lipinski definition) is 0. The topological polar surface area (TPSA) is 78.0 Å². The molecule has 0 saturated carbocycles. The molecule has 0 radical (unpaired) electrons. The van der Waals surface area contributed by atoms with Crippen molar-refractivity contribution in [3.63, 3.8) is 0 Å². The SMILES string of the molecule is CCCCn1cnc2c(nnc3ccnn32)c1=O. The van der Waals surface area contributed by atoms with Gasteiger partial charge < -0.3 is 0 Å². The Balaban J connectivity index is 2.25. The van der Waals surface area contributed by atoms with E-state index in [0.717, 1.165) is 12.8 Å². The summed E-state index contributed by atoms with van der Waals surface area (Å²) in [7, 11) is 0. The molecule has 0 unspecified atom stereocenters. The summed E-state index contributed by atoms with van der Waals surface area (Å²) >= 11 is 0. The molecular formula is C11H12N6O. The fourth-order valence-electron chi connectivity index (χ4n) is 1.84. The number of hydrogen-bond acceptors (Lipinski definition) is 5. The lowest BCUT2D eigenvalue weighted by Gasteiger charge is -2.05. The van der Waals surface area contributed by atoms with Gasteiger partial charge in [-0.15, -0.1) is 10.2 Å². The molecular weight excluding hydrogens is 232 g/mol. The minimum absolute atomic E-state index is 0.168. The molecule has 0 saturated heterocycles. The Labute approximate surface area is 102 Å². The van der Waals surface area contributed by atoms with Gasteiger partial charge in [0.25, 0.3) is 5.56 Å². The minimum Gasteiger partial charge on any atom is -0.297 e. The third-order valence-electron chi connectivity index (χ3n) is 2.82. The van der Waals surface area contributed by atoms with Gasteiger partial charge in [-0.25, -0.2) is 4.98 Å². The lowest BCUT2D eigenvalue weighted by Crippen LogP contribution is -2.23. The predicted molar refractivity (Wildman–Crippen MR) is 65.3 cm³/mol. The quantitative estimate of drug-likeness (QED) is 0.675. The Morgan fingerprint density at radius 2 is 2.22 bits per heavy atom. The van der Waals surface area contributed by atoms with Crippen LogP contribution in [0.2, 0.25) is 0 Å². The fourth-order valence-corrected chi connectivity index (χ4v) is 1.84. The van der Waals surface area contributed by atoms with E-state index in [-0.39, 0.29) is 11.1 Å². The fraction of sp³-hybridized carbons (Fsp3) is 0.364. The smallest absolute Gasteiger partial charge is 0.283 e. The minimum atomic E-state index is -0.168. The lowest BCUT2D eigenvalue weighted by atomic mass is 10.3. The zero-order chi connectivity index (χ0) is 12.5. The van der Waals surface area contributed by atoms with Crippen molar-refractivity contribution in [2.75, 3.05) is 0 Å². The van der Waals surface area contributed by atoms with E-state index in [9.17, 15) is 4.79 Å². The monoisotopic (exact) mass is 244 g/mol. The maximum Gasteiger partial charge on any atom is 0.283 e. The number of rotatable bonds is 3. The zero-order valence-corrected chi connectivity index (χ0v) is 9.94. The maximum atomic E-state index is 12.2. The van der Waals surface area contributed by atoms with Crippen molar-refractivity contribution >= 4 is 16.8 Å². The third-order valence-corrected chi connectivity index (χ3v) is 2.82. The summed E-state index contributed by atoms with van der Waals surface area (Å²) in [6, 6.07) is 1.72. The molecule has 0 N–H and O–H groups in total. The largest absolute Gasteiger partial charge is 0.297 e. The highest BCUT2D eigenvalue weighted by molar-refractivity contribution is 5.70. The van der Waals surface area contributed by atoms with Gasteiger partial charge in [0.05, 0.1) is 6.20 Å².